The minimum absolute atomic E-state index is 0.0575. The minimum atomic E-state index is 0.0575. The summed E-state index contributed by atoms with van der Waals surface area (Å²) in [6.45, 7) is 0. The average molecular weight is 368 g/mol. The number of carbonyl (C=O) groups is 1. The second-order valence-corrected chi connectivity index (χ2v) is 5.87. The summed E-state index contributed by atoms with van der Waals surface area (Å²) in [6.07, 6.45) is 11.4. The molecule has 0 aliphatic heterocycles. The Morgan fingerprint density at radius 1 is 1.11 bits per heavy atom. The predicted octanol–water partition coefficient (Wildman–Crippen LogP) is 5.07. The Kier molecular flexibility index (Phi) is 4.72. The van der Waals surface area contributed by atoms with E-state index in [1.807, 2.05) is 42.5 Å². The van der Waals surface area contributed by atoms with Crippen LogP contribution >= 0.6 is 31.9 Å². The molecule has 0 heterocycles. The zero-order valence-electron chi connectivity index (χ0n) is 9.70. The maximum atomic E-state index is 11.9. The van der Waals surface area contributed by atoms with Gasteiger partial charge in [-0.05, 0) is 42.7 Å². The molecule has 1 aromatic carbocycles. The van der Waals surface area contributed by atoms with Gasteiger partial charge in [-0.2, -0.15) is 0 Å². The first-order valence-electron chi connectivity index (χ1n) is 5.70. The van der Waals surface area contributed by atoms with E-state index in [-0.39, 0.29) is 5.78 Å². The van der Waals surface area contributed by atoms with Gasteiger partial charge in [-0.3, -0.25) is 4.79 Å². The number of hydrogen-bond donors (Lipinski definition) is 0. The summed E-state index contributed by atoms with van der Waals surface area (Å²) in [7, 11) is 0. The van der Waals surface area contributed by atoms with E-state index in [0.29, 0.717) is 0 Å². The van der Waals surface area contributed by atoms with Crippen molar-refractivity contribution in [3.8, 4) is 0 Å². The molecule has 0 fully saturated rings. The Hall–Kier alpha value is -0.930. The standard InChI is InChI=1S/C15H12Br2O/c16-13-8-11(9-14(17)10-13)6-7-15(18)12-4-2-1-3-5-12/h2,4-10H,1,3H2/b7-6+. The summed E-state index contributed by atoms with van der Waals surface area (Å²) in [6, 6.07) is 5.91. The molecule has 0 atom stereocenters. The Bertz CT molecular complexity index is 533. The van der Waals surface area contributed by atoms with Crippen LogP contribution in [0.3, 0.4) is 0 Å². The second-order valence-electron chi connectivity index (χ2n) is 4.04. The van der Waals surface area contributed by atoms with Crippen LogP contribution in [0.25, 0.3) is 6.08 Å². The van der Waals surface area contributed by atoms with E-state index in [4.69, 9.17) is 0 Å². The van der Waals surface area contributed by atoms with Gasteiger partial charge in [0.2, 0.25) is 0 Å². The Morgan fingerprint density at radius 2 is 1.83 bits per heavy atom. The number of benzene rings is 1. The van der Waals surface area contributed by atoms with Gasteiger partial charge in [-0.1, -0.05) is 56.2 Å². The highest BCUT2D eigenvalue weighted by atomic mass is 79.9. The van der Waals surface area contributed by atoms with Crippen LogP contribution in [0, 0.1) is 0 Å². The lowest BCUT2D eigenvalue weighted by Gasteiger charge is -2.02. The molecule has 0 amide bonds. The monoisotopic (exact) mass is 366 g/mol. The van der Waals surface area contributed by atoms with Crippen molar-refractivity contribution in [3.63, 3.8) is 0 Å². The van der Waals surface area contributed by atoms with Crippen molar-refractivity contribution in [1.29, 1.82) is 0 Å². The molecule has 1 aromatic rings. The van der Waals surface area contributed by atoms with Crippen LogP contribution in [0.1, 0.15) is 18.4 Å². The van der Waals surface area contributed by atoms with E-state index in [0.717, 1.165) is 32.9 Å². The Balaban J connectivity index is 2.13. The van der Waals surface area contributed by atoms with Gasteiger partial charge in [0.1, 0.15) is 0 Å². The fraction of sp³-hybridized carbons (Fsp3) is 0.133. The lowest BCUT2D eigenvalue weighted by Crippen LogP contribution is -1.97. The molecule has 0 aromatic heterocycles. The number of carbonyl (C=O) groups excluding carboxylic acids is 1. The van der Waals surface area contributed by atoms with Gasteiger partial charge in [0.25, 0.3) is 0 Å². The van der Waals surface area contributed by atoms with Crippen molar-refractivity contribution < 1.29 is 4.79 Å². The van der Waals surface area contributed by atoms with E-state index < -0.39 is 0 Å². The summed E-state index contributed by atoms with van der Waals surface area (Å²) in [5.41, 5.74) is 1.77. The number of ketones is 1. The van der Waals surface area contributed by atoms with Crippen molar-refractivity contribution in [3.05, 3.63) is 62.6 Å². The molecule has 0 unspecified atom stereocenters. The highest BCUT2D eigenvalue weighted by molar-refractivity contribution is 9.11. The van der Waals surface area contributed by atoms with Crippen LogP contribution in [0.15, 0.2) is 57.0 Å². The van der Waals surface area contributed by atoms with Gasteiger partial charge in [0.15, 0.2) is 5.78 Å². The van der Waals surface area contributed by atoms with Crippen molar-refractivity contribution in [1.82, 2.24) is 0 Å². The summed E-state index contributed by atoms with van der Waals surface area (Å²) >= 11 is 6.85. The first-order valence-corrected chi connectivity index (χ1v) is 7.29. The summed E-state index contributed by atoms with van der Waals surface area (Å²) in [5.74, 6) is 0.0575. The molecule has 3 heteroatoms. The normalized spacial score (nSPS) is 14.9. The molecular formula is C15H12Br2O. The van der Waals surface area contributed by atoms with Crippen molar-refractivity contribution in [2.75, 3.05) is 0 Å². The fourth-order valence-corrected chi connectivity index (χ4v) is 3.06. The fourth-order valence-electron chi connectivity index (χ4n) is 1.74. The Morgan fingerprint density at radius 3 is 2.44 bits per heavy atom. The molecule has 92 valence electrons. The molecule has 1 nitrogen and oxygen atoms in total. The molecule has 2 rings (SSSR count). The highest BCUT2D eigenvalue weighted by Crippen LogP contribution is 2.21. The third-order valence-corrected chi connectivity index (χ3v) is 3.51. The average Bonchev–Trinajstić information content (AvgIpc) is 2.36. The number of rotatable bonds is 3. The highest BCUT2D eigenvalue weighted by Gasteiger charge is 2.04. The number of halogens is 2. The smallest absolute Gasteiger partial charge is 0.185 e. The third-order valence-electron chi connectivity index (χ3n) is 2.59. The molecule has 0 spiro atoms. The molecule has 0 radical (unpaired) electrons. The number of allylic oxidation sites excluding steroid dienone is 5. The summed E-state index contributed by atoms with van der Waals surface area (Å²) < 4.78 is 1.97. The molecule has 18 heavy (non-hydrogen) atoms. The van der Waals surface area contributed by atoms with Gasteiger partial charge < -0.3 is 0 Å². The summed E-state index contributed by atoms with van der Waals surface area (Å²) in [5, 5.41) is 0. The first-order chi connectivity index (χ1) is 8.65. The minimum Gasteiger partial charge on any atom is -0.289 e. The molecule has 0 N–H and O–H groups in total. The molecule has 1 aliphatic rings. The van der Waals surface area contributed by atoms with E-state index >= 15 is 0 Å². The van der Waals surface area contributed by atoms with Crippen LogP contribution in [0.2, 0.25) is 0 Å². The largest absolute Gasteiger partial charge is 0.289 e. The zero-order valence-corrected chi connectivity index (χ0v) is 12.9. The summed E-state index contributed by atoms with van der Waals surface area (Å²) in [4.78, 5) is 11.9. The topological polar surface area (TPSA) is 17.1 Å². The quantitative estimate of drug-likeness (QED) is 0.681. The van der Waals surface area contributed by atoms with Gasteiger partial charge >= 0.3 is 0 Å². The molecule has 0 saturated heterocycles. The van der Waals surface area contributed by atoms with Crippen LogP contribution in [-0.4, -0.2) is 5.78 Å². The zero-order chi connectivity index (χ0) is 13.0. The van der Waals surface area contributed by atoms with Crippen molar-refractivity contribution >= 4 is 43.7 Å². The maximum Gasteiger partial charge on any atom is 0.185 e. The molecule has 0 bridgehead atoms. The lowest BCUT2D eigenvalue weighted by atomic mass is 10.0. The molecule has 0 saturated carbocycles. The SMILES string of the molecule is O=C(/C=C/c1cc(Br)cc(Br)c1)C1=CCCC=C1. The van der Waals surface area contributed by atoms with E-state index in [2.05, 4.69) is 31.9 Å². The Labute approximate surface area is 124 Å². The van der Waals surface area contributed by atoms with E-state index in [9.17, 15) is 4.79 Å². The number of hydrogen-bond acceptors (Lipinski definition) is 1. The van der Waals surface area contributed by atoms with Crippen LogP contribution in [0.4, 0.5) is 0 Å². The second kappa shape index (κ2) is 6.30. The third kappa shape index (κ3) is 3.79. The van der Waals surface area contributed by atoms with Crippen molar-refractivity contribution in [2.45, 2.75) is 12.8 Å². The van der Waals surface area contributed by atoms with E-state index in [1.165, 1.54) is 0 Å². The first kappa shape index (κ1) is 13.5. The molecule has 1 aliphatic carbocycles. The van der Waals surface area contributed by atoms with E-state index in [1.54, 1.807) is 6.08 Å². The van der Waals surface area contributed by atoms with Gasteiger partial charge in [-0.15, -0.1) is 0 Å². The van der Waals surface area contributed by atoms with Gasteiger partial charge in [0.05, 0.1) is 0 Å². The molecular weight excluding hydrogens is 356 g/mol. The predicted molar refractivity (Wildman–Crippen MR) is 82.3 cm³/mol. The maximum absolute atomic E-state index is 11.9. The van der Waals surface area contributed by atoms with Gasteiger partial charge in [0, 0.05) is 14.5 Å². The van der Waals surface area contributed by atoms with Crippen LogP contribution < -0.4 is 0 Å². The lowest BCUT2D eigenvalue weighted by molar-refractivity contribution is -0.111. The van der Waals surface area contributed by atoms with Gasteiger partial charge in [-0.25, -0.2) is 0 Å². The van der Waals surface area contributed by atoms with Crippen LogP contribution in [-0.2, 0) is 4.79 Å². The van der Waals surface area contributed by atoms with Crippen molar-refractivity contribution in [2.24, 2.45) is 0 Å². The van der Waals surface area contributed by atoms with Crippen LogP contribution in [0.5, 0.6) is 0 Å².